The van der Waals surface area contributed by atoms with E-state index in [-0.39, 0.29) is 48.5 Å². The smallest absolute Gasteiger partial charge is 0.216 e. The molecule has 0 aliphatic rings. The van der Waals surface area contributed by atoms with Crippen molar-refractivity contribution in [1.29, 1.82) is 0 Å². The number of furan rings is 1. The number of hydrogen-bond donors (Lipinski definition) is 0. The van der Waals surface area contributed by atoms with Gasteiger partial charge in [-0.2, -0.15) is 0 Å². The average Bonchev–Trinajstić information content (AvgIpc) is 3.89. The van der Waals surface area contributed by atoms with Gasteiger partial charge in [-0.3, -0.25) is 9.97 Å². The zero-order chi connectivity index (χ0) is 51.6. The first-order valence-corrected chi connectivity index (χ1v) is 28.8. The molecule has 9 rings (SSSR count). The molecule has 5 aromatic heterocycles. The van der Waals surface area contributed by atoms with Crippen molar-refractivity contribution in [2.75, 3.05) is 0 Å². The molecule has 0 saturated heterocycles. The predicted molar refractivity (Wildman–Crippen MR) is 266 cm³/mol. The molecule has 0 unspecified atom stereocenters. The number of pyridine rings is 3. The minimum Gasteiger partial charge on any atom is -0.486 e. The number of hydrogen-bond acceptors (Lipinski definition) is 5. The van der Waals surface area contributed by atoms with Gasteiger partial charge in [-0.15, -0.1) is 17.7 Å². The summed E-state index contributed by atoms with van der Waals surface area (Å²) < 4.78 is 74.0. The van der Waals surface area contributed by atoms with Gasteiger partial charge < -0.3 is 8.98 Å². The van der Waals surface area contributed by atoms with Gasteiger partial charge >= 0.3 is 139 Å². The zero-order valence-electron chi connectivity index (χ0n) is 46.1. The monoisotopic (exact) mass is 1090 g/mol. The van der Waals surface area contributed by atoms with Crippen LogP contribution in [0.15, 0.2) is 120 Å². The quantitative estimate of drug-likeness (QED) is 0.112. The Morgan fingerprint density at radius 2 is 1.64 bits per heavy atom. The summed E-state index contributed by atoms with van der Waals surface area (Å²) in [6.45, 7) is 10.3. The van der Waals surface area contributed by atoms with Gasteiger partial charge in [0.1, 0.15) is 0 Å². The Balaban J connectivity index is 0.000000241. The molecule has 6 nitrogen and oxygen atoms in total. The second-order valence-corrected chi connectivity index (χ2v) is 29.3. The molecule has 4 aromatic carbocycles. The number of nitrogens with zero attached hydrogens (tertiary/aromatic N) is 5. The first-order valence-electron chi connectivity index (χ1n) is 25.5. The Bertz CT molecular complexity index is 3410. The fraction of sp³-hybridized carbons (Fsp3) is 0.286. The first-order chi connectivity index (χ1) is 33.2. The second kappa shape index (κ2) is 18.7. The normalized spacial score (nSPS) is 14.4. The maximum atomic E-state index is 8.60. The topological polar surface area (TPSA) is 69.6 Å². The van der Waals surface area contributed by atoms with E-state index in [0.717, 1.165) is 43.4 Å². The van der Waals surface area contributed by atoms with Gasteiger partial charge in [0, 0.05) is 47.7 Å². The van der Waals surface area contributed by atoms with Gasteiger partial charge in [-0.1, -0.05) is 82.8 Å². The molecule has 0 N–H and O–H groups in total. The fourth-order valence-electron chi connectivity index (χ4n) is 8.07. The van der Waals surface area contributed by atoms with Crippen LogP contribution in [0.1, 0.15) is 93.2 Å². The van der Waals surface area contributed by atoms with E-state index >= 15 is 0 Å². The van der Waals surface area contributed by atoms with Gasteiger partial charge in [0.25, 0.3) is 0 Å². The SMILES string of the molecule is [2H]C([2H])([2H])c1c[c-]c(-c2cc(C([2H])([2H])C(C)C)[c]([Ge]([CH3])([CH3])[CH3])cn2)cc1.[2H]C([2H])([2H])c1c[c-]c(-c2nc3ccncc3n2-c2c(C(C)C)cc(-c3ccccc3)cc2C(C)(C)C)c2oc3ncccc3c12.[Ir]. The third-order valence-corrected chi connectivity index (χ3v) is 15.4. The molecule has 0 aliphatic heterocycles. The van der Waals surface area contributed by atoms with E-state index in [2.05, 4.69) is 120 Å². The van der Waals surface area contributed by atoms with Gasteiger partial charge in [0.2, 0.25) is 5.71 Å². The van der Waals surface area contributed by atoms with Crippen molar-refractivity contribution in [2.24, 2.45) is 5.92 Å². The van der Waals surface area contributed by atoms with Crippen LogP contribution < -0.4 is 4.40 Å². The van der Waals surface area contributed by atoms with E-state index in [1.54, 1.807) is 36.7 Å². The van der Waals surface area contributed by atoms with Gasteiger partial charge in [0.15, 0.2) is 0 Å². The van der Waals surface area contributed by atoms with E-state index in [0.29, 0.717) is 50.3 Å². The van der Waals surface area contributed by atoms with Crippen molar-refractivity contribution >= 4 is 50.8 Å². The molecular formula is C56H59GeIrN5O-2. The third-order valence-electron chi connectivity index (χ3n) is 11.1. The maximum absolute atomic E-state index is 8.60. The van der Waals surface area contributed by atoms with Crippen molar-refractivity contribution in [1.82, 2.24) is 24.5 Å². The van der Waals surface area contributed by atoms with Crippen LogP contribution in [0.2, 0.25) is 17.3 Å². The molecule has 0 fully saturated rings. The van der Waals surface area contributed by atoms with Crippen LogP contribution in [0.5, 0.6) is 0 Å². The Morgan fingerprint density at radius 1 is 0.844 bits per heavy atom. The van der Waals surface area contributed by atoms with Gasteiger partial charge in [-0.05, 0) is 63.9 Å². The molecule has 329 valence electrons. The van der Waals surface area contributed by atoms with E-state index in [1.165, 1.54) is 6.07 Å². The molecule has 0 spiro atoms. The van der Waals surface area contributed by atoms with Crippen LogP contribution in [0.4, 0.5) is 0 Å². The molecular weight excluding hydrogens is 1020 g/mol. The van der Waals surface area contributed by atoms with Gasteiger partial charge in [-0.25, -0.2) is 4.98 Å². The standard InChI is InChI=1S/C37H33N4O.C19H26GeN.Ir/c1-22(2)28-19-25(24-11-8-7-9-12-24)20-29(37(4,5)6)33(28)41-31-21-38-18-16-30(31)40-35(41)27-15-14-23(3)32-26-13-10-17-39-36(26)42-34(27)32;1-14(2)11-17-12-19(16-9-7-15(3)8-10-16)21-13-18(17)20(4,5)6;/h7-14,16-22H,1-6H3;7-9,12-14H,11H2,1-6H3;/q2*-1;/i3D3;3D3,11D2;. The maximum Gasteiger partial charge on any atom is 0.216 e. The van der Waals surface area contributed by atoms with Crippen LogP contribution in [-0.2, 0) is 31.9 Å². The number of imidazole rings is 1. The third kappa shape index (κ3) is 9.45. The Labute approximate surface area is 407 Å². The molecule has 5 heterocycles. The summed E-state index contributed by atoms with van der Waals surface area (Å²) in [6, 6.07) is 34.9. The van der Waals surface area contributed by atoms with Crippen molar-refractivity contribution in [3.63, 3.8) is 0 Å². The number of rotatable bonds is 8. The van der Waals surface area contributed by atoms with Crippen LogP contribution >= 0.6 is 0 Å². The van der Waals surface area contributed by atoms with E-state index in [9.17, 15) is 0 Å². The molecule has 0 atom stereocenters. The Morgan fingerprint density at radius 3 is 2.31 bits per heavy atom. The molecule has 0 aliphatic carbocycles. The molecule has 0 bridgehead atoms. The minimum absolute atomic E-state index is 0. The molecule has 0 saturated carbocycles. The Hall–Kier alpha value is -5.21. The van der Waals surface area contributed by atoms with E-state index < -0.39 is 33.3 Å². The first kappa shape index (κ1) is 37.1. The van der Waals surface area contributed by atoms with Gasteiger partial charge in [0.05, 0.1) is 28.6 Å². The van der Waals surface area contributed by atoms with Crippen molar-refractivity contribution < 1.29 is 35.5 Å². The largest absolute Gasteiger partial charge is 0.486 e. The molecule has 9 aromatic rings. The Kier molecular flexibility index (Phi) is 10.8. The van der Waals surface area contributed by atoms with Crippen molar-refractivity contribution in [2.45, 2.75) is 97.1 Å². The number of fused-ring (bicyclic) bond motifs is 4. The van der Waals surface area contributed by atoms with Crippen LogP contribution in [0.25, 0.3) is 72.6 Å². The number of aromatic nitrogens is 5. The number of aryl methyl sites for hydroxylation is 2. The van der Waals surface area contributed by atoms with Crippen molar-refractivity contribution in [3.8, 4) is 39.5 Å². The van der Waals surface area contributed by atoms with E-state index in [4.69, 9.17) is 20.4 Å². The average molecular weight is 1090 g/mol. The van der Waals surface area contributed by atoms with Crippen LogP contribution in [0.3, 0.4) is 0 Å². The van der Waals surface area contributed by atoms with Crippen LogP contribution in [-0.4, -0.2) is 37.8 Å². The molecule has 1 radical (unpaired) electrons. The zero-order valence-corrected chi connectivity index (χ0v) is 42.6. The van der Waals surface area contributed by atoms with E-state index in [1.807, 2.05) is 50.5 Å². The fourth-order valence-corrected chi connectivity index (χ4v) is 11.0. The summed E-state index contributed by atoms with van der Waals surface area (Å²) in [6.07, 6.45) is 5.57. The number of benzene rings is 4. The minimum atomic E-state index is -2.37. The summed E-state index contributed by atoms with van der Waals surface area (Å²) in [5, 5.41) is 1.15. The molecule has 64 heavy (non-hydrogen) atoms. The summed E-state index contributed by atoms with van der Waals surface area (Å²) >= 11 is -2.32. The second-order valence-electron chi connectivity index (χ2n) is 18.8. The van der Waals surface area contributed by atoms with Crippen LogP contribution in [0, 0.1) is 31.8 Å². The summed E-state index contributed by atoms with van der Waals surface area (Å²) in [7, 11) is 0. The molecule has 8 heteroatoms. The summed E-state index contributed by atoms with van der Waals surface area (Å²) in [5.74, 6) is 7.29. The predicted octanol–water partition coefficient (Wildman–Crippen LogP) is 14.2. The van der Waals surface area contributed by atoms with Crippen molar-refractivity contribution in [3.05, 3.63) is 156 Å². The summed E-state index contributed by atoms with van der Waals surface area (Å²) in [4.78, 5) is 18.6. The summed E-state index contributed by atoms with van der Waals surface area (Å²) in [5.41, 5.74) is 10.7. The molecule has 0 amide bonds.